The number of rotatable bonds is 1. The molecular weight excluding hydrogens is 404 g/mol. The van der Waals surface area contributed by atoms with Crippen molar-refractivity contribution in [2.75, 3.05) is 23.4 Å². The summed E-state index contributed by atoms with van der Waals surface area (Å²) in [6, 6.07) is 9.15. The highest BCUT2D eigenvalue weighted by molar-refractivity contribution is 6.29. The quantitative estimate of drug-likeness (QED) is 0.600. The van der Waals surface area contributed by atoms with Gasteiger partial charge in [-0.1, -0.05) is 29.8 Å². The summed E-state index contributed by atoms with van der Waals surface area (Å²) in [5.41, 5.74) is 2.84. The van der Waals surface area contributed by atoms with Crippen LogP contribution in [-0.2, 0) is 11.3 Å². The molecule has 0 N–H and O–H groups in total. The zero-order chi connectivity index (χ0) is 21.6. The predicted octanol–water partition coefficient (Wildman–Crippen LogP) is 4.99. The summed E-state index contributed by atoms with van der Waals surface area (Å²) in [7, 11) is 1.74. The Kier molecular flexibility index (Phi) is 5.10. The minimum atomic E-state index is -0.577. The Morgan fingerprint density at radius 3 is 2.70 bits per heavy atom. The van der Waals surface area contributed by atoms with Crippen molar-refractivity contribution in [3.63, 3.8) is 0 Å². The summed E-state index contributed by atoms with van der Waals surface area (Å²) in [6.45, 7) is 6.46. The molecule has 30 heavy (non-hydrogen) atoms. The molecule has 0 saturated carbocycles. The Hall–Kier alpha value is -2.80. The van der Waals surface area contributed by atoms with Crippen molar-refractivity contribution < 1.29 is 14.3 Å². The molecule has 0 aliphatic carbocycles. The number of nitrogens with zero attached hydrogens (tertiary/aromatic N) is 4. The number of pyridine rings is 1. The molecule has 0 fully saturated rings. The first-order valence-electron chi connectivity index (χ1n) is 9.94. The average molecular weight is 429 g/mol. The van der Waals surface area contributed by atoms with Crippen molar-refractivity contribution in [2.24, 2.45) is 0 Å². The van der Waals surface area contributed by atoms with E-state index in [9.17, 15) is 9.59 Å². The lowest BCUT2D eigenvalue weighted by atomic mass is 9.94. The minimum absolute atomic E-state index is 0.102. The number of anilines is 2. The van der Waals surface area contributed by atoms with E-state index in [1.807, 2.05) is 49.9 Å². The number of carbonyl (C=O) groups is 2. The fraction of sp³-hybridized carbons (Fsp3) is 0.409. The molecule has 2 aliphatic rings. The first-order chi connectivity index (χ1) is 14.2. The van der Waals surface area contributed by atoms with Crippen LogP contribution in [0, 0.1) is 0 Å². The molecule has 3 amide bonds. The summed E-state index contributed by atoms with van der Waals surface area (Å²) < 4.78 is 5.59. The van der Waals surface area contributed by atoms with Crippen LogP contribution in [0.25, 0.3) is 0 Å². The maximum absolute atomic E-state index is 13.2. The van der Waals surface area contributed by atoms with Crippen LogP contribution in [0.2, 0.25) is 5.15 Å². The first-order valence-corrected chi connectivity index (χ1v) is 10.3. The van der Waals surface area contributed by atoms with E-state index in [4.69, 9.17) is 16.3 Å². The van der Waals surface area contributed by atoms with Gasteiger partial charge in [0.1, 0.15) is 10.8 Å². The smallest absolute Gasteiger partial charge is 0.414 e. The van der Waals surface area contributed by atoms with E-state index >= 15 is 0 Å². The number of benzene rings is 1. The lowest BCUT2D eigenvalue weighted by molar-refractivity contribution is 0.0572. The van der Waals surface area contributed by atoms with E-state index < -0.39 is 5.60 Å². The predicted molar refractivity (Wildman–Crippen MR) is 116 cm³/mol. The summed E-state index contributed by atoms with van der Waals surface area (Å²) >= 11 is 6.02. The van der Waals surface area contributed by atoms with Crippen LogP contribution >= 0.6 is 11.6 Å². The third kappa shape index (κ3) is 3.69. The molecule has 1 unspecified atom stereocenters. The standard InChI is InChI=1S/C22H25ClN4O3/c1-22(2,3)30-21(29)26-10-9-17(15-7-5-6-8-16(15)26)27-13-14-12-24-19(23)11-18(14)25(4)20(27)28/h5-8,11-12,17H,9-10,13H2,1-4H3. The second-order valence-corrected chi connectivity index (χ2v) is 8.99. The van der Waals surface area contributed by atoms with Crippen LogP contribution in [0.4, 0.5) is 21.0 Å². The van der Waals surface area contributed by atoms with Crippen LogP contribution < -0.4 is 9.80 Å². The van der Waals surface area contributed by atoms with E-state index in [0.29, 0.717) is 24.7 Å². The molecule has 1 aromatic carbocycles. The Bertz CT molecular complexity index is 1000. The van der Waals surface area contributed by atoms with Gasteiger partial charge in [-0.15, -0.1) is 0 Å². The van der Waals surface area contributed by atoms with Gasteiger partial charge < -0.3 is 9.64 Å². The monoisotopic (exact) mass is 428 g/mol. The van der Waals surface area contributed by atoms with Crippen LogP contribution in [0.1, 0.15) is 44.4 Å². The Labute approximate surface area is 181 Å². The summed E-state index contributed by atoms with van der Waals surface area (Å²) in [6.07, 6.45) is 1.96. The van der Waals surface area contributed by atoms with Crippen molar-refractivity contribution in [3.8, 4) is 0 Å². The molecule has 2 aromatic rings. The SMILES string of the molecule is CN1C(=O)N(C2CCN(C(=O)OC(C)(C)C)c3ccccc32)Cc2cnc(Cl)cc21. The highest BCUT2D eigenvalue weighted by Crippen LogP contribution is 2.41. The second kappa shape index (κ2) is 7.47. The van der Waals surface area contributed by atoms with Crippen LogP contribution in [0.5, 0.6) is 0 Å². The molecule has 0 bridgehead atoms. The molecule has 158 valence electrons. The third-order valence-corrected chi connectivity index (χ3v) is 5.57. The summed E-state index contributed by atoms with van der Waals surface area (Å²) in [4.78, 5) is 35.2. The topological polar surface area (TPSA) is 66.0 Å². The molecule has 4 rings (SSSR count). The molecule has 1 atom stereocenters. The molecule has 0 saturated heterocycles. The van der Waals surface area contributed by atoms with Crippen molar-refractivity contribution >= 4 is 35.1 Å². The van der Waals surface area contributed by atoms with Gasteiger partial charge in [0.15, 0.2) is 0 Å². The Morgan fingerprint density at radius 1 is 1.23 bits per heavy atom. The van der Waals surface area contributed by atoms with Gasteiger partial charge >= 0.3 is 12.1 Å². The minimum Gasteiger partial charge on any atom is -0.443 e. The van der Waals surface area contributed by atoms with Gasteiger partial charge in [0.25, 0.3) is 0 Å². The van der Waals surface area contributed by atoms with E-state index in [2.05, 4.69) is 4.98 Å². The number of para-hydroxylation sites is 1. The van der Waals surface area contributed by atoms with E-state index in [1.165, 1.54) is 0 Å². The molecule has 1 aromatic heterocycles. The van der Waals surface area contributed by atoms with Gasteiger partial charge in [-0.3, -0.25) is 9.80 Å². The lowest BCUT2D eigenvalue weighted by Crippen LogP contribution is -2.49. The van der Waals surface area contributed by atoms with Gasteiger partial charge in [-0.25, -0.2) is 14.6 Å². The maximum Gasteiger partial charge on any atom is 0.414 e. The second-order valence-electron chi connectivity index (χ2n) is 8.60. The molecule has 7 nitrogen and oxygen atoms in total. The number of hydrogen-bond acceptors (Lipinski definition) is 4. The van der Waals surface area contributed by atoms with Gasteiger partial charge in [0.2, 0.25) is 0 Å². The number of aromatic nitrogens is 1. The first kappa shape index (κ1) is 20.5. The number of fused-ring (bicyclic) bond motifs is 2. The number of carbonyl (C=O) groups excluding carboxylic acids is 2. The van der Waals surface area contributed by atoms with Crippen LogP contribution in [0.15, 0.2) is 36.5 Å². The summed E-state index contributed by atoms with van der Waals surface area (Å²) in [5.74, 6) is 0. The maximum atomic E-state index is 13.2. The van der Waals surface area contributed by atoms with Crippen molar-refractivity contribution in [1.82, 2.24) is 9.88 Å². The fourth-order valence-electron chi connectivity index (χ4n) is 4.05. The number of ether oxygens (including phenoxy) is 1. The Morgan fingerprint density at radius 2 is 1.97 bits per heavy atom. The zero-order valence-corrected chi connectivity index (χ0v) is 18.3. The van der Waals surface area contributed by atoms with Crippen LogP contribution in [0.3, 0.4) is 0 Å². The number of hydrogen-bond donors (Lipinski definition) is 0. The molecule has 2 aliphatic heterocycles. The summed E-state index contributed by atoms with van der Waals surface area (Å²) in [5, 5.41) is 0.359. The van der Waals surface area contributed by atoms with Crippen LogP contribution in [-0.4, -0.2) is 41.2 Å². The Balaban J connectivity index is 1.67. The number of amides is 3. The van der Waals surface area contributed by atoms with Gasteiger partial charge in [0.05, 0.1) is 24.0 Å². The highest BCUT2D eigenvalue weighted by atomic mass is 35.5. The average Bonchev–Trinajstić information content (AvgIpc) is 2.69. The fourth-order valence-corrected chi connectivity index (χ4v) is 4.20. The molecule has 0 spiro atoms. The molecule has 3 heterocycles. The molecule has 0 radical (unpaired) electrons. The molecular formula is C22H25ClN4O3. The highest BCUT2D eigenvalue weighted by Gasteiger charge is 2.39. The third-order valence-electron chi connectivity index (χ3n) is 5.37. The van der Waals surface area contributed by atoms with Crippen molar-refractivity contribution in [3.05, 3.63) is 52.8 Å². The van der Waals surface area contributed by atoms with E-state index in [1.54, 1.807) is 29.1 Å². The number of urea groups is 1. The van der Waals surface area contributed by atoms with E-state index in [-0.39, 0.29) is 18.2 Å². The normalized spacial score (nSPS) is 18.8. The van der Waals surface area contributed by atoms with E-state index in [0.717, 1.165) is 22.5 Å². The van der Waals surface area contributed by atoms with Crippen molar-refractivity contribution in [1.29, 1.82) is 0 Å². The number of halogens is 1. The van der Waals surface area contributed by atoms with Gasteiger partial charge in [-0.2, -0.15) is 0 Å². The van der Waals surface area contributed by atoms with Gasteiger partial charge in [-0.05, 0) is 44.9 Å². The van der Waals surface area contributed by atoms with Gasteiger partial charge in [0, 0.05) is 25.4 Å². The van der Waals surface area contributed by atoms with Crippen molar-refractivity contribution in [2.45, 2.75) is 45.4 Å². The zero-order valence-electron chi connectivity index (χ0n) is 17.6. The largest absolute Gasteiger partial charge is 0.443 e. The molecule has 8 heteroatoms. The lowest BCUT2D eigenvalue weighted by Gasteiger charge is -2.43.